The first-order chi connectivity index (χ1) is 17.1. The van der Waals surface area contributed by atoms with Crippen molar-refractivity contribution >= 4 is 0 Å². The minimum absolute atomic E-state index is 0. The van der Waals surface area contributed by atoms with Gasteiger partial charge >= 0.3 is 0 Å². The number of halogens is 1. The summed E-state index contributed by atoms with van der Waals surface area (Å²) in [6, 6.07) is 35.0. The van der Waals surface area contributed by atoms with Crippen molar-refractivity contribution in [3.63, 3.8) is 0 Å². The molecule has 0 aliphatic carbocycles. The van der Waals surface area contributed by atoms with Crippen LogP contribution >= 0.6 is 0 Å². The Morgan fingerprint density at radius 1 is 0.889 bits per heavy atom. The first kappa shape index (κ1) is 26.6. The van der Waals surface area contributed by atoms with Crippen LogP contribution in [0.2, 0.25) is 0 Å². The summed E-state index contributed by atoms with van der Waals surface area (Å²) in [4.78, 5) is 0. The molecule has 0 amide bonds. The van der Waals surface area contributed by atoms with Gasteiger partial charge in [-0.15, -0.1) is 0 Å². The van der Waals surface area contributed by atoms with E-state index >= 15 is 0 Å². The SMILES string of the molecule is C[N+]1(CCOCc2ccccc2)[C@H]2CCC[C@]1(CC(C#N)(c1ccccc1)c1ccccc1)CC2.[Br-]. The van der Waals surface area contributed by atoms with Gasteiger partial charge in [-0.25, -0.2) is 0 Å². The molecule has 36 heavy (non-hydrogen) atoms. The van der Waals surface area contributed by atoms with Crippen LogP contribution in [0.15, 0.2) is 91.0 Å². The Kier molecular flexibility index (Phi) is 8.35. The lowest BCUT2D eigenvalue weighted by Gasteiger charge is -2.55. The molecular weight excluding hydrogens is 508 g/mol. The average Bonchev–Trinajstić information content (AvgIpc) is 3.04. The predicted molar refractivity (Wildman–Crippen MR) is 141 cm³/mol. The van der Waals surface area contributed by atoms with Gasteiger partial charge in [-0.05, 0) is 29.5 Å². The molecule has 3 atom stereocenters. The topological polar surface area (TPSA) is 33.0 Å². The van der Waals surface area contributed by atoms with E-state index in [0.29, 0.717) is 12.6 Å². The van der Waals surface area contributed by atoms with Crippen LogP contribution in [0.4, 0.5) is 0 Å². The zero-order valence-corrected chi connectivity index (χ0v) is 22.9. The second kappa shape index (κ2) is 11.3. The standard InChI is InChI=1S/C32H37N2O.BrH/c1-34(22-23-35-24-27-12-5-2-6-13-27)30-18-11-20-31(34,21-19-30)25-32(26-33,28-14-7-3-8-15-28)29-16-9-4-10-17-29;/h2-10,12-17,30H,11,18-25H2,1H3;1H/q+1;/p-1/t30-,31+,34?;/m0./s1. The molecule has 2 heterocycles. The number of nitrogens with zero attached hydrogens (tertiary/aromatic N) is 2. The number of nitriles is 1. The van der Waals surface area contributed by atoms with Gasteiger partial charge in [-0.1, -0.05) is 91.0 Å². The summed E-state index contributed by atoms with van der Waals surface area (Å²) >= 11 is 0. The van der Waals surface area contributed by atoms with Crippen molar-refractivity contribution in [1.82, 2.24) is 0 Å². The van der Waals surface area contributed by atoms with Gasteiger partial charge in [-0.2, -0.15) is 5.26 Å². The molecule has 2 bridgehead atoms. The van der Waals surface area contributed by atoms with Gasteiger partial charge in [0.1, 0.15) is 17.5 Å². The number of rotatable bonds is 9. The Balaban J connectivity index is 0.00000304. The second-order valence-electron chi connectivity index (χ2n) is 10.8. The predicted octanol–water partition coefficient (Wildman–Crippen LogP) is 3.64. The molecule has 3 aromatic rings. The number of piperidine rings is 1. The number of benzene rings is 3. The van der Waals surface area contributed by atoms with E-state index in [1.165, 1.54) is 37.7 Å². The third-order valence-electron chi connectivity index (χ3n) is 9.14. The fourth-order valence-corrected chi connectivity index (χ4v) is 7.11. The molecule has 2 aliphatic heterocycles. The van der Waals surface area contributed by atoms with Crippen LogP contribution in [-0.2, 0) is 16.8 Å². The first-order valence-electron chi connectivity index (χ1n) is 13.1. The van der Waals surface area contributed by atoms with Crippen molar-refractivity contribution in [2.75, 3.05) is 20.2 Å². The maximum absolute atomic E-state index is 10.9. The van der Waals surface area contributed by atoms with Crippen molar-refractivity contribution in [3.8, 4) is 6.07 Å². The number of hydrogen-bond acceptors (Lipinski definition) is 2. The van der Waals surface area contributed by atoms with Gasteiger partial charge in [0.15, 0.2) is 0 Å². The highest BCUT2D eigenvalue weighted by Crippen LogP contribution is 2.55. The van der Waals surface area contributed by atoms with E-state index in [4.69, 9.17) is 4.74 Å². The van der Waals surface area contributed by atoms with Crippen molar-refractivity contribution in [3.05, 3.63) is 108 Å². The Bertz CT molecular complexity index is 1100. The number of likely N-dealkylation sites (N-methyl/N-ethyl adjacent to an activating group) is 1. The Morgan fingerprint density at radius 3 is 2.06 bits per heavy atom. The van der Waals surface area contributed by atoms with Gasteiger partial charge in [0.25, 0.3) is 0 Å². The molecule has 2 saturated heterocycles. The molecular formula is C32H37BrN2O. The number of hydrogen-bond donors (Lipinski definition) is 0. The van der Waals surface area contributed by atoms with Crippen LogP contribution < -0.4 is 17.0 Å². The Morgan fingerprint density at radius 2 is 1.47 bits per heavy atom. The lowest BCUT2D eigenvalue weighted by molar-refractivity contribution is -0.974. The number of fused-ring (bicyclic) bond motifs is 2. The van der Waals surface area contributed by atoms with E-state index in [1.54, 1.807) is 0 Å². The van der Waals surface area contributed by atoms with Gasteiger partial charge < -0.3 is 26.2 Å². The van der Waals surface area contributed by atoms with Crippen LogP contribution in [0.3, 0.4) is 0 Å². The van der Waals surface area contributed by atoms with Crippen molar-refractivity contribution < 1.29 is 26.2 Å². The second-order valence-corrected chi connectivity index (χ2v) is 10.8. The molecule has 1 unspecified atom stereocenters. The van der Waals surface area contributed by atoms with E-state index in [2.05, 4.69) is 85.9 Å². The van der Waals surface area contributed by atoms with Crippen LogP contribution in [0, 0.1) is 11.3 Å². The summed E-state index contributed by atoms with van der Waals surface area (Å²) in [5.41, 5.74) is 2.88. The molecule has 5 rings (SSSR count). The van der Waals surface area contributed by atoms with Crippen molar-refractivity contribution in [2.24, 2.45) is 0 Å². The van der Waals surface area contributed by atoms with E-state index in [-0.39, 0.29) is 22.5 Å². The Hall–Kier alpha value is -2.45. The molecule has 0 radical (unpaired) electrons. The van der Waals surface area contributed by atoms with E-state index in [0.717, 1.165) is 35.2 Å². The normalized spacial score (nSPS) is 25.1. The van der Waals surface area contributed by atoms with Gasteiger partial charge in [0.05, 0.1) is 32.4 Å². The quantitative estimate of drug-likeness (QED) is 0.304. The third-order valence-corrected chi connectivity index (χ3v) is 9.14. The summed E-state index contributed by atoms with van der Waals surface area (Å²) in [5.74, 6) is 0. The lowest BCUT2D eigenvalue weighted by Crippen LogP contribution is -3.00. The maximum Gasteiger partial charge on any atom is 0.113 e. The van der Waals surface area contributed by atoms with Gasteiger partial charge in [0.2, 0.25) is 0 Å². The van der Waals surface area contributed by atoms with Crippen molar-refractivity contribution in [1.29, 1.82) is 5.26 Å². The minimum Gasteiger partial charge on any atom is -1.00 e. The average molecular weight is 546 g/mol. The van der Waals surface area contributed by atoms with E-state index in [1.807, 2.05) is 18.2 Å². The highest BCUT2D eigenvalue weighted by Gasteiger charge is 2.62. The largest absolute Gasteiger partial charge is 1.00 e. The number of quaternary nitrogens is 1. The molecule has 2 fully saturated rings. The minimum atomic E-state index is -0.654. The van der Waals surface area contributed by atoms with Gasteiger partial charge in [0, 0.05) is 25.7 Å². The first-order valence-corrected chi connectivity index (χ1v) is 13.1. The zero-order chi connectivity index (χ0) is 24.2. The molecule has 0 spiro atoms. The summed E-state index contributed by atoms with van der Waals surface area (Å²) in [6.45, 7) is 2.41. The van der Waals surface area contributed by atoms with E-state index < -0.39 is 5.41 Å². The molecule has 2 aliphatic rings. The fraction of sp³-hybridized carbons (Fsp3) is 0.406. The summed E-state index contributed by atoms with van der Waals surface area (Å²) in [5, 5.41) is 10.9. The third kappa shape index (κ3) is 4.77. The lowest BCUT2D eigenvalue weighted by atomic mass is 9.65. The fourth-order valence-electron chi connectivity index (χ4n) is 7.11. The van der Waals surface area contributed by atoms with Crippen LogP contribution in [0.1, 0.15) is 55.2 Å². The maximum atomic E-state index is 10.9. The summed E-state index contributed by atoms with van der Waals surface area (Å²) in [7, 11) is 2.46. The summed E-state index contributed by atoms with van der Waals surface area (Å²) in [6.07, 6.45) is 7.02. The van der Waals surface area contributed by atoms with Crippen LogP contribution in [-0.4, -0.2) is 36.3 Å². The monoisotopic (exact) mass is 544 g/mol. The number of ether oxygens (including phenoxy) is 1. The molecule has 3 nitrogen and oxygen atoms in total. The van der Waals surface area contributed by atoms with Crippen LogP contribution in [0.5, 0.6) is 0 Å². The molecule has 0 aromatic heterocycles. The molecule has 4 heteroatoms. The summed E-state index contributed by atoms with van der Waals surface area (Å²) < 4.78 is 7.23. The molecule has 3 aromatic carbocycles. The zero-order valence-electron chi connectivity index (χ0n) is 21.3. The van der Waals surface area contributed by atoms with Crippen molar-refractivity contribution in [2.45, 2.75) is 62.1 Å². The smallest absolute Gasteiger partial charge is 0.113 e. The Labute approximate surface area is 227 Å². The highest BCUT2D eigenvalue weighted by atomic mass is 79.9. The molecule has 0 N–H and O–H groups in total. The molecule has 0 saturated carbocycles. The highest BCUT2D eigenvalue weighted by molar-refractivity contribution is 5.46. The van der Waals surface area contributed by atoms with E-state index in [9.17, 15) is 5.26 Å². The van der Waals surface area contributed by atoms with Crippen LogP contribution in [0.25, 0.3) is 0 Å². The molecule has 188 valence electrons. The van der Waals surface area contributed by atoms with Gasteiger partial charge in [-0.3, -0.25) is 0 Å².